The van der Waals surface area contributed by atoms with Crippen LogP contribution in [0.5, 0.6) is 0 Å². The summed E-state index contributed by atoms with van der Waals surface area (Å²) in [6.07, 6.45) is 0. The molecule has 0 atom stereocenters. The molecule has 0 aromatic carbocycles. The van der Waals surface area contributed by atoms with Gasteiger partial charge in [0.25, 0.3) is 0 Å². The normalized spacial score (nSPS) is 12.2. The molecule has 0 spiro atoms. The van der Waals surface area contributed by atoms with E-state index < -0.39 is 0 Å². The van der Waals surface area contributed by atoms with Crippen LogP contribution >= 0.6 is 41.2 Å². The Balaban J connectivity index is 3.14. The zero-order valence-corrected chi connectivity index (χ0v) is 5.72. The highest BCUT2D eigenvalue weighted by Gasteiger charge is 1.65. The quantitative estimate of drug-likeness (QED) is 0.512. The predicted octanol–water partition coefficient (Wildman–Crippen LogP) is 2.04. The first-order valence-corrected chi connectivity index (χ1v) is 2.72. The minimum atomic E-state index is 0.751. The van der Waals surface area contributed by atoms with Gasteiger partial charge in [-0.2, -0.15) is 0 Å². The van der Waals surface area contributed by atoms with Crippen molar-refractivity contribution in [2.24, 2.45) is 0 Å². The summed E-state index contributed by atoms with van der Waals surface area (Å²) in [5, 5.41) is 1.56. The van der Waals surface area contributed by atoms with Gasteiger partial charge < -0.3 is 0 Å². The third kappa shape index (κ3) is 4.92. The maximum absolute atomic E-state index is 3.80. The summed E-state index contributed by atoms with van der Waals surface area (Å²) in [6, 6.07) is 0. The van der Waals surface area contributed by atoms with Crippen molar-refractivity contribution in [2.75, 3.05) is 0 Å². The number of halogens is 1. The molecule has 0 aliphatic carbocycles. The lowest BCUT2D eigenvalue weighted by Gasteiger charge is -1.69. The molecule has 0 unspecified atom stereocenters. The van der Waals surface area contributed by atoms with E-state index in [9.17, 15) is 0 Å². The molecule has 0 N–H and O–H groups in total. The van der Waals surface area contributed by atoms with Crippen LogP contribution < -0.4 is 0 Å². The first-order chi connectivity index (χ1) is 2.27. The van der Waals surface area contributed by atoms with Crippen LogP contribution in [0.3, 0.4) is 0 Å². The van der Waals surface area contributed by atoms with Gasteiger partial charge in [-0.15, -0.1) is 25.3 Å². The van der Waals surface area contributed by atoms with E-state index in [1.54, 1.807) is 5.41 Å². The highest BCUT2D eigenvalue weighted by atomic mass is 79.9. The summed E-state index contributed by atoms with van der Waals surface area (Å²) in [5.41, 5.74) is 0. The lowest BCUT2D eigenvalue weighted by atomic mass is 11.2. The van der Waals surface area contributed by atoms with Crippen LogP contribution in [0.1, 0.15) is 0 Å². The standard InChI is InChI=1S/C2H3BrS2/c3-2(5)1-4/h1,4-5H/b2-1+. The van der Waals surface area contributed by atoms with Crippen molar-refractivity contribution in [3.05, 3.63) is 9.22 Å². The maximum atomic E-state index is 3.80. The van der Waals surface area contributed by atoms with Gasteiger partial charge in [-0.1, -0.05) is 0 Å². The van der Waals surface area contributed by atoms with Gasteiger partial charge in [0.2, 0.25) is 0 Å². The lowest BCUT2D eigenvalue weighted by molar-refractivity contribution is 2.53. The van der Waals surface area contributed by atoms with E-state index in [1.165, 1.54) is 0 Å². The number of thiol groups is 2. The molecule has 0 fully saturated rings. The van der Waals surface area contributed by atoms with Crippen molar-refractivity contribution in [3.8, 4) is 0 Å². The molecule has 3 heteroatoms. The van der Waals surface area contributed by atoms with Crippen LogP contribution in [0.4, 0.5) is 0 Å². The van der Waals surface area contributed by atoms with E-state index in [-0.39, 0.29) is 0 Å². The molecule has 0 saturated carbocycles. The number of hydrogen-bond donors (Lipinski definition) is 2. The van der Waals surface area contributed by atoms with E-state index in [1.807, 2.05) is 0 Å². The van der Waals surface area contributed by atoms with Gasteiger partial charge in [0.15, 0.2) is 0 Å². The Morgan fingerprint density at radius 3 is 2.00 bits per heavy atom. The van der Waals surface area contributed by atoms with E-state index in [0.717, 1.165) is 3.81 Å². The van der Waals surface area contributed by atoms with E-state index >= 15 is 0 Å². The summed E-state index contributed by atoms with van der Waals surface area (Å²) in [4.78, 5) is 0. The van der Waals surface area contributed by atoms with Crippen LogP contribution in [0.2, 0.25) is 0 Å². The lowest BCUT2D eigenvalue weighted by Crippen LogP contribution is -1.32. The fourth-order valence-corrected chi connectivity index (χ4v) is 0. The zero-order valence-electron chi connectivity index (χ0n) is 2.35. The van der Waals surface area contributed by atoms with Gasteiger partial charge in [0.1, 0.15) is 0 Å². The summed E-state index contributed by atoms with van der Waals surface area (Å²) in [6.45, 7) is 0. The Labute approximate surface area is 50.6 Å². The molecular weight excluding hydrogens is 168 g/mol. The summed E-state index contributed by atoms with van der Waals surface area (Å²) < 4.78 is 0.751. The van der Waals surface area contributed by atoms with Gasteiger partial charge in [-0.05, 0) is 21.3 Å². The van der Waals surface area contributed by atoms with Crippen molar-refractivity contribution in [2.45, 2.75) is 0 Å². The average molecular weight is 171 g/mol. The number of hydrogen-bond acceptors (Lipinski definition) is 2. The van der Waals surface area contributed by atoms with Crippen LogP contribution in [0.15, 0.2) is 9.22 Å². The van der Waals surface area contributed by atoms with Crippen molar-refractivity contribution >= 4 is 41.2 Å². The Morgan fingerprint density at radius 1 is 1.80 bits per heavy atom. The molecule has 0 aliphatic heterocycles. The van der Waals surface area contributed by atoms with Crippen LogP contribution in [0, 0.1) is 0 Å². The molecule has 0 rings (SSSR count). The summed E-state index contributed by atoms with van der Waals surface area (Å²) in [7, 11) is 0. The van der Waals surface area contributed by atoms with Crippen LogP contribution in [0.25, 0.3) is 0 Å². The Bertz CT molecular complexity index is 45.6. The molecule has 0 bridgehead atoms. The minimum absolute atomic E-state index is 0.751. The van der Waals surface area contributed by atoms with E-state index in [2.05, 4.69) is 41.2 Å². The van der Waals surface area contributed by atoms with Gasteiger partial charge in [-0.3, -0.25) is 0 Å². The van der Waals surface area contributed by atoms with Crippen molar-refractivity contribution in [3.63, 3.8) is 0 Å². The van der Waals surface area contributed by atoms with Gasteiger partial charge in [-0.25, -0.2) is 0 Å². The fraction of sp³-hybridized carbons (Fsp3) is 0. The maximum Gasteiger partial charge on any atom is 0.0532 e. The molecule has 30 valence electrons. The fourth-order valence-electron chi connectivity index (χ4n) is 0. The third-order valence-electron chi connectivity index (χ3n) is 0.107. The van der Waals surface area contributed by atoms with E-state index in [0.29, 0.717) is 0 Å². The first-order valence-electron chi connectivity index (χ1n) is 0.959. The molecule has 0 saturated heterocycles. The molecule has 5 heavy (non-hydrogen) atoms. The zero-order chi connectivity index (χ0) is 4.28. The van der Waals surface area contributed by atoms with E-state index in [4.69, 9.17) is 0 Å². The Morgan fingerprint density at radius 2 is 2.00 bits per heavy atom. The Kier molecular flexibility index (Phi) is 3.70. The first kappa shape index (κ1) is 5.92. The SMILES string of the molecule is S/C=C(/S)Br. The molecule has 0 radical (unpaired) electrons. The van der Waals surface area contributed by atoms with Crippen LogP contribution in [-0.4, -0.2) is 0 Å². The topological polar surface area (TPSA) is 0 Å². The third-order valence-corrected chi connectivity index (χ3v) is 1.28. The second-order valence-corrected chi connectivity index (χ2v) is 2.66. The Hall–Kier alpha value is 0.920. The van der Waals surface area contributed by atoms with Crippen molar-refractivity contribution < 1.29 is 0 Å². The highest BCUT2D eigenvalue weighted by Crippen LogP contribution is 2.08. The van der Waals surface area contributed by atoms with Gasteiger partial charge in [0.05, 0.1) is 3.81 Å². The molecule has 0 aliphatic rings. The predicted molar refractivity (Wildman–Crippen MR) is 35.0 cm³/mol. The van der Waals surface area contributed by atoms with Crippen LogP contribution in [-0.2, 0) is 0 Å². The molecular formula is C2H3BrS2. The molecule has 0 heterocycles. The second-order valence-electron chi connectivity index (χ2n) is 0.452. The second kappa shape index (κ2) is 3.12. The molecule has 0 aromatic heterocycles. The highest BCUT2D eigenvalue weighted by molar-refractivity contribution is 9.13. The average Bonchev–Trinajstić information content (AvgIpc) is 1.38. The molecule has 0 amide bonds. The van der Waals surface area contributed by atoms with Gasteiger partial charge >= 0.3 is 0 Å². The number of rotatable bonds is 0. The minimum Gasteiger partial charge on any atom is -0.150 e. The van der Waals surface area contributed by atoms with Crippen molar-refractivity contribution in [1.29, 1.82) is 0 Å². The smallest absolute Gasteiger partial charge is 0.0532 e. The molecule has 0 aromatic rings. The van der Waals surface area contributed by atoms with Crippen molar-refractivity contribution in [1.82, 2.24) is 0 Å². The summed E-state index contributed by atoms with van der Waals surface area (Å²) >= 11 is 10.6. The largest absolute Gasteiger partial charge is 0.150 e. The molecule has 0 nitrogen and oxygen atoms in total. The van der Waals surface area contributed by atoms with Gasteiger partial charge in [0, 0.05) is 0 Å². The summed E-state index contributed by atoms with van der Waals surface area (Å²) in [5.74, 6) is 0. The monoisotopic (exact) mass is 170 g/mol.